The van der Waals surface area contributed by atoms with Crippen LogP contribution in [0.1, 0.15) is 0 Å². The summed E-state index contributed by atoms with van der Waals surface area (Å²) >= 11 is 0. The van der Waals surface area contributed by atoms with Crippen LogP contribution in [0, 0.1) is 21.7 Å². The number of carbonyl (C=O) groups is 1. The van der Waals surface area contributed by atoms with Crippen molar-refractivity contribution in [1.82, 2.24) is 10.2 Å². The van der Waals surface area contributed by atoms with Crippen LogP contribution in [-0.2, 0) is 4.79 Å². The maximum Gasteiger partial charge on any atom is 0.275 e. The molecule has 1 aromatic carbocycles. The highest BCUT2D eigenvalue weighted by Crippen LogP contribution is 2.24. The lowest BCUT2D eigenvalue weighted by Crippen LogP contribution is -2.48. The van der Waals surface area contributed by atoms with Crippen molar-refractivity contribution in [3.63, 3.8) is 0 Å². The number of halogens is 2. The number of hydrogen-bond acceptors (Lipinski definition) is 5. The molecule has 9 heteroatoms. The normalized spacial score (nSPS) is 14.9. The number of anilines is 1. The number of nitrogens with zero attached hydrogens (tertiary/aromatic N) is 2. The van der Waals surface area contributed by atoms with E-state index in [1.165, 1.54) is 0 Å². The molecule has 0 spiro atoms. The van der Waals surface area contributed by atoms with Crippen LogP contribution in [0.4, 0.5) is 20.2 Å². The third-order valence-corrected chi connectivity index (χ3v) is 3.12. The highest BCUT2D eigenvalue weighted by atomic mass is 19.1. The molecule has 1 fully saturated rings. The van der Waals surface area contributed by atoms with Gasteiger partial charge in [-0.15, -0.1) is 0 Å². The van der Waals surface area contributed by atoms with Crippen LogP contribution in [0.15, 0.2) is 12.1 Å². The fourth-order valence-electron chi connectivity index (χ4n) is 2.02. The molecule has 0 atom stereocenters. The second-order valence-corrected chi connectivity index (χ2v) is 4.53. The Morgan fingerprint density at radius 2 is 1.90 bits per heavy atom. The van der Waals surface area contributed by atoms with Crippen LogP contribution in [0.5, 0.6) is 0 Å². The molecule has 0 radical (unpaired) electrons. The summed E-state index contributed by atoms with van der Waals surface area (Å²) in [6.07, 6.45) is 0. The van der Waals surface area contributed by atoms with Gasteiger partial charge in [-0.3, -0.25) is 14.9 Å². The van der Waals surface area contributed by atoms with Crippen molar-refractivity contribution >= 4 is 17.3 Å². The summed E-state index contributed by atoms with van der Waals surface area (Å²) in [6.45, 7) is 2.14. The smallest absolute Gasteiger partial charge is 0.275 e. The van der Waals surface area contributed by atoms with Crippen LogP contribution >= 0.6 is 0 Å². The van der Waals surface area contributed by atoms with E-state index in [1.807, 2.05) is 0 Å². The zero-order chi connectivity index (χ0) is 15.4. The van der Waals surface area contributed by atoms with Gasteiger partial charge in [0.2, 0.25) is 5.91 Å². The Labute approximate surface area is 119 Å². The highest BCUT2D eigenvalue weighted by molar-refractivity contribution is 5.81. The molecule has 2 rings (SSSR count). The number of benzene rings is 1. The van der Waals surface area contributed by atoms with E-state index in [0.717, 1.165) is 0 Å². The molecule has 0 unspecified atom stereocenters. The number of rotatable bonds is 4. The number of nitro groups is 1. The van der Waals surface area contributed by atoms with Crippen LogP contribution in [0.25, 0.3) is 0 Å². The quantitative estimate of drug-likeness (QED) is 0.632. The summed E-state index contributed by atoms with van der Waals surface area (Å²) in [6, 6.07) is 1.22. The van der Waals surface area contributed by atoms with Gasteiger partial charge >= 0.3 is 0 Å². The molecule has 1 aliphatic rings. The molecule has 0 aromatic heterocycles. The summed E-state index contributed by atoms with van der Waals surface area (Å²) in [5, 5.41) is 15.9. The summed E-state index contributed by atoms with van der Waals surface area (Å²) in [5.74, 6) is -2.49. The highest BCUT2D eigenvalue weighted by Gasteiger charge is 2.20. The number of amides is 1. The summed E-state index contributed by atoms with van der Waals surface area (Å²) in [4.78, 5) is 23.0. The SMILES string of the molecule is O=C(CNc1c(F)cc([N+](=O)[O-])cc1F)N1CCNCC1. The van der Waals surface area contributed by atoms with Crippen molar-refractivity contribution in [1.29, 1.82) is 0 Å². The molecule has 0 bridgehead atoms. The molecule has 1 aromatic rings. The Kier molecular flexibility index (Phi) is 4.63. The van der Waals surface area contributed by atoms with Crippen molar-refractivity contribution < 1.29 is 18.5 Å². The Morgan fingerprint density at radius 1 is 1.33 bits per heavy atom. The van der Waals surface area contributed by atoms with Crippen LogP contribution < -0.4 is 10.6 Å². The molecule has 7 nitrogen and oxygen atoms in total. The number of piperazine rings is 1. The van der Waals surface area contributed by atoms with E-state index in [-0.39, 0.29) is 12.5 Å². The fraction of sp³-hybridized carbons (Fsp3) is 0.417. The van der Waals surface area contributed by atoms with E-state index in [4.69, 9.17) is 0 Å². The molecule has 2 N–H and O–H groups in total. The number of nitro benzene ring substituents is 1. The van der Waals surface area contributed by atoms with E-state index < -0.39 is 27.9 Å². The fourth-order valence-corrected chi connectivity index (χ4v) is 2.02. The molecule has 1 saturated heterocycles. The average Bonchev–Trinajstić information content (AvgIpc) is 2.46. The minimum atomic E-state index is -1.10. The molecule has 1 aliphatic heterocycles. The van der Waals surface area contributed by atoms with Crippen LogP contribution in [0.2, 0.25) is 0 Å². The van der Waals surface area contributed by atoms with Crippen molar-refractivity contribution in [3.05, 3.63) is 33.9 Å². The first-order valence-corrected chi connectivity index (χ1v) is 6.35. The average molecular weight is 300 g/mol. The van der Waals surface area contributed by atoms with Crippen molar-refractivity contribution in [2.24, 2.45) is 0 Å². The van der Waals surface area contributed by atoms with E-state index in [0.29, 0.717) is 38.3 Å². The zero-order valence-electron chi connectivity index (χ0n) is 11.1. The Morgan fingerprint density at radius 3 is 2.43 bits per heavy atom. The first-order chi connectivity index (χ1) is 9.99. The van der Waals surface area contributed by atoms with Crippen LogP contribution in [-0.4, -0.2) is 48.5 Å². The molecule has 21 heavy (non-hydrogen) atoms. The second kappa shape index (κ2) is 6.44. The minimum Gasteiger partial charge on any atom is -0.371 e. The van der Waals surface area contributed by atoms with Crippen molar-refractivity contribution in [3.8, 4) is 0 Å². The predicted molar refractivity (Wildman–Crippen MR) is 71.0 cm³/mol. The molecule has 0 saturated carbocycles. The zero-order valence-corrected chi connectivity index (χ0v) is 11.1. The largest absolute Gasteiger partial charge is 0.371 e. The molecule has 114 valence electrons. The first kappa shape index (κ1) is 15.1. The topological polar surface area (TPSA) is 87.5 Å². The minimum absolute atomic E-state index is 0.272. The number of non-ortho nitro benzene ring substituents is 1. The maximum atomic E-state index is 13.6. The molecule has 1 heterocycles. The predicted octanol–water partition coefficient (Wildman–Crippen LogP) is 0.717. The van der Waals surface area contributed by atoms with Crippen molar-refractivity contribution in [2.45, 2.75) is 0 Å². The molecule has 0 aliphatic carbocycles. The number of nitrogens with one attached hydrogen (secondary N) is 2. The molecular weight excluding hydrogens is 286 g/mol. The summed E-state index contributed by atoms with van der Waals surface area (Å²) < 4.78 is 27.2. The van der Waals surface area contributed by atoms with Gasteiger partial charge in [-0.25, -0.2) is 8.78 Å². The third-order valence-electron chi connectivity index (χ3n) is 3.12. The van der Waals surface area contributed by atoms with Gasteiger partial charge in [0, 0.05) is 26.2 Å². The number of hydrogen-bond donors (Lipinski definition) is 2. The third kappa shape index (κ3) is 3.63. The summed E-state index contributed by atoms with van der Waals surface area (Å²) in [7, 11) is 0. The lowest BCUT2D eigenvalue weighted by molar-refractivity contribution is -0.385. The van der Waals surface area contributed by atoms with Gasteiger partial charge in [-0.2, -0.15) is 0 Å². The lowest BCUT2D eigenvalue weighted by atomic mass is 10.2. The lowest BCUT2D eigenvalue weighted by Gasteiger charge is -2.27. The van der Waals surface area contributed by atoms with Gasteiger partial charge in [0.1, 0.15) is 5.69 Å². The van der Waals surface area contributed by atoms with E-state index in [9.17, 15) is 23.7 Å². The van der Waals surface area contributed by atoms with E-state index >= 15 is 0 Å². The van der Waals surface area contributed by atoms with Gasteiger partial charge in [0.05, 0.1) is 23.6 Å². The second-order valence-electron chi connectivity index (χ2n) is 4.53. The summed E-state index contributed by atoms with van der Waals surface area (Å²) in [5.41, 5.74) is -1.21. The Hall–Kier alpha value is -2.29. The van der Waals surface area contributed by atoms with Gasteiger partial charge in [0.15, 0.2) is 11.6 Å². The Balaban J connectivity index is 2.02. The van der Waals surface area contributed by atoms with Gasteiger partial charge in [-0.05, 0) is 0 Å². The van der Waals surface area contributed by atoms with Gasteiger partial charge < -0.3 is 15.5 Å². The Bertz CT molecular complexity index is 538. The van der Waals surface area contributed by atoms with E-state index in [2.05, 4.69) is 10.6 Å². The molecular formula is C12H14F2N4O3. The van der Waals surface area contributed by atoms with Crippen LogP contribution in [0.3, 0.4) is 0 Å². The molecule has 1 amide bonds. The van der Waals surface area contributed by atoms with E-state index in [1.54, 1.807) is 4.90 Å². The first-order valence-electron chi connectivity index (χ1n) is 6.35. The van der Waals surface area contributed by atoms with Crippen molar-refractivity contribution in [2.75, 3.05) is 38.0 Å². The maximum absolute atomic E-state index is 13.6. The number of carbonyl (C=O) groups excluding carboxylic acids is 1. The standard InChI is InChI=1S/C12H14F2N4O3/c13-9-5-8(18(20)21)6-10(14)12(9)16-7-11(19)17-3-1-15-2-4-17/h5-6,15-16H,1-4,7H2. The van der Waals surface area contributed by atoms with Gasteiger partial charge in [0.25, 0.3) is 5.69 Å². The van der Waals surface area contributed by atoms with Gasteiger partial charge in [-0.1, -0.05) is 0 Å². The monoisotopic (exact) mass is 300 g/mol.